The van der Waals surface area contributed by atoms with Crippen LogP contribution in [0.25, 0.3) is 0 Å². The van der Waals surface area contributed by atoms with E-state index in [1.165, 1.54) is 24.5 Å². The highest BCUT2D eigenvalue weighted by atomic mass is 32.2. The van der Waals surface area contributed by atoms with Gasteiger partial charge in [0, 0.05) is 6.04 Å². The summed E-state index contributed by atoms with van der Waals surface area (Å²) in [6, 6.07) is 0.951. The van der Waals surface area contributed by atoms with Crippen molar-refractivity contribution in [3.8, 4) is 5.06 Å². The van der Waals surface area contributed by atoms with Gasteiger partial charge in [-0.3, -0.25) is 4.79 Å². The van der Waals surface area contributed by atoms with Crippen LogP contribution in [0.3, 0.4) is 0 Å². The van der Waals surface area contributed by atoms with Crippen LogP contribution in [0.4, 0.5) is 0 Å². The molecule has 2 atom stereocenters. The van der Waals surface area contributed by atoms with Gasteiger partial charge in [0.25, 0.3) is 0 Å². The maximum Gasteiger partial charge on any atom is 0.306 e. The van der Waals surface area contributed by atoms with Crippen molar-refractivity contribution in [2.75, 3.05) is 7.11 Å². The maximum atomic E-state index is 12.3. The van der Waals surface area contributed by atoms with Crippen LogP contribution in [0.1, 0.15) is 12.8 Å². The molecule has 20 heavy (non-hydrogen) atoms. The SMILES string of the molecule is COc1sccc1S(=O)(=O)N[C@H]1C=CC[C@H](C(=O)O)C1. The molecule has 2 rings (SSSR count). The van der Waals surface area contributed by atoms with E-state index in [1.54, 1.807) is 17.5 Å². The number of carboxylic acids is 1. The van der Waals surface area contributed by atoms with E-state index < -0.39 is 28.0 Å². The summed E-state index contributed by atoms with van der Waals surface area (Å²) in [5.41, 5.74) is 0. The Morgan fingerprint density at radius 3 is 2.95 bits per heavy atom. The number of sulfonamides is 1. The van der Waals surface area contributed by atoms with E-state index >= 15 is 0 Å². The molecule has 1 aliphatic carbocycles. The number of ether oxygens (including phenoxy) is 1. The zero-order valence-electron chi connectivity index (χ0n) is 10.8. The summed E-state index contributed by atoms with van der Waals surface area (Å²) in [5, 5.41) is 10.9. The first kappa shape index (κ1) is 15.0. The lowest BCUT2D eigenvalue weighted by Gasteiger charge is -2.22. The average molecular weight is 317 g/mol. The Bertz CT molecular complexity index is 620. The van der Waals surface area contributed by atoms with Gasteiger partial charge in [-0.1, -0.05) is 12.2 Å². The molecular weight excluding hydrogens is 302 g/mol. The Balaban J connectivity index is 2.15. The average Bonchev–Trinajstić information content (AvgIpc) is 2.87. The van der Waals surface area contributed by atoms with Crippen LogP contribution in [-0.2, 0) is 14.8 Å². The van der Waals surface area contributed by atoms with Crippen molar-refractivity contribution in [2.24, 2.45) is 5.92 Å². The van der Waals surface area contributed by atoms with Gasteiger partial charge in [0.1, 0.15) is 4.90 Å². The van der Waals surface area contributed by atoms with Crippen molar-refractivity contribution >= 4 is 27.3 Å². The molecular formula is C12H15NO5S2. The Morgan fingerprint density at radius 1 is 1.55 bits per heavy atom. The van der Waals surface area contributed by atoms with Crippen LogP contribution < -0.4 is 9.46 Å². The van der Waals surface area contributed by atoms with E-state index in [0.29, 0.717) is 11.5 Å². The minimum Gasteiger partial charge on any atom is -0.486 e. The van der Waals surface area contributed by atoms with Crippen molar-refractivity contribution < 1.29 is 23.1 Å². The lowest BCUT2D eigenvalue weighted by Crippen LogP contribution is -2.37. The van der Waals surface area contributed by atoms with E-state index in [-0.39, 0.29) is 11.3 Å². The molecule has 0 radical (unpaired) electrons. The number of thiophene rings is 1. The van der Waals surface area contributed by atoms with Gasteiger partial charge >= 0.3 is 5.97 Å². The predicted molar refractivity (Wildman–Crippen MR) is 74.5 cm³/mol. The largest absolute Gasteiger partial charge is 0.486 e. The number of allylic oxidation sites excluding steroid dienone is 1. The van der Waals surface area contributed by atoms with Crippen molar-refractivity contribution in [3.63, 3.8) is 0 Å². The molecule has 1 aliphatic rings. The molecule has 110 valence electrons. The second-order valence-corrected chi connectivity index (χ2v) is 7.00. The Hall–Kier alpha value is -1.38. The molecule has 0 saturated carbocycles. The summed E-state index contributed by atoms with van der Waals surface area (Å²) < 4.78 is 32.0. The van der Waals surface area contributed by atoms with Gasteiger partial charge in [-0.25, -0.2) is 13.1 Å². The number of carbonyl (C=O) groups is 1. The normalized spacial score (nSPS) is 22.6. The molecule has 0 saturated heterocycles. The van der Waals surface area contributed by atoms with Crippen LogP contribution in [0.5, 0.6) is 5.06 Å². The fraction of sp³-hybridized carbons (Fsp3) is 0.417. The van der Waals surface area contributed by atoms with E-state index in [9.17, 15) is 13.2 Å². The molecule has 0 amide bonds. The van der Waals surface area contributed by atoms with Crippen LogP contribution >= 0.6 is 11.3 Å². The molecule has 0 unspecified atom stereocenters. The van der Waals surface area contributed by atoms with Gasteiger partial charge < -0.3 is 9.84 Å². The lowest BCUT2D eigenvalue weighted by atomic mass is 9.92. The molecule has 0 fully saturated rings. The van der Waals surface area contributed by atoms with E-state index in [4.69, 9.17) is 9.84 Å². The first-order valence-corrected chi connectivity index (χ1v) is 8.33. The zero-order chi connectivity index (χ0) is 14.8. The molecule has 0 bridgehead atoms. The number of hydrogen-bond acceptors (Lipinski definition) is 5. The van der Waals surface area contributed by atoms with Crippen LogP contribution in [0, 0.1) is 5.92 Å². The summed E-state index contributed by atoms with van der Waals surface area (Å²) in [6.45, 7) is 0. The van der Waals surface area contributed by atoms with Gasteiger partial charge in [0.15, 0.2) is 5.06 Å². The van der Waals surface area contributed by atoms with Gasteiger partial charge in [0.05, 0.1) is 13.0 Å². The third kappa shape index (κ3) is 3.20. The second kappa shape index (κ2) is 5.94. The number of carboxylic acid groups (broad SMARTS) is 1. The number of aliphatic carboxylic acids is 1. The number of rotatable bonds is 5. The molecule has 1 heterocycles. The maximum absolute atomic E-state index is 12.3. The highest BCUT2D eigenvalue weighted by Crippen LogP contribution is 2.30. The van der Waals surface area contributed by atoms with Gasteiger partial charge in [-0.05, 0) is 24.3 Å². The lowest BCUT2D eigenvalue weighted by molar-refractivity contribution is -0.142. The fourth-order valence-corrected chi connectivity index (χ4v) is 4.49. The molecule has 0 spiro atoms. The topological polar surface area (TPSA) is 92.7 Å². The second-order valence-electron chi connectivity index (χ2n) is 4.44. The summed E-state index contributed by atoms with van der Waals surface area (Å²) in [6.07, 6.45) is 4.06. The molecule has 0 aromatic carbocycles. The third-order valence-electron chi connectivity index (χ3n) is 3.05. The predicted octanol–water partition coefficient (Wildman–Crippen LogP) is 1.45. The van der Waals surface area contributed by atoms with Crippen molar-refractivity contribution in [2.45, 2.75) is 23.8 Å². The van der Waals surface area contributed by atoms with Crippen LogP contribution in [0.2, 0.25) is 0 Å². The van der Waals surface area contributed by atoms with Crippen LogP contribution in [-0.4, -0.2) is 32.6 Å². The summed E-state index contributed by atoms with van der Waals surface area (Å²) >= 11 is 1.19. The molecule has 1 aromatic rings. The fourth-order valence-electron chi connectivity index (χ4n) is 2.07. The number of hydrogen-bond donors (Lipinski definition) is 2. The van der Waals surface area contributed by atoms with Gasteiger partial charge in [-0.15, -0.1) is 11.3 Å². The minimum atomic E-state index is -3.72. The number of methoxy groups -OCH3 is 1. The quantitative estimate of drug-likeness (QED) is 0.802. The molecule has 8 heteroatoms. The van der Waals surface area contributed by atoms with E-state index in [1.807, 2.05) is 0 Å². The zero-order valence-corrected chi connectivity index (χ0v) is 12.4. The monoisotopic (exact) mass is 317 g/mol. The van der Waals surface area contributed by atoms with Gasteiger partial charge in [0.2, 0.25) is 10.0 Å². The van der Waals surface area contributed by atoms with Gasteiger partial charge in [-0.2, -0.15) is 0 Å². The Kier molecular flexibility index (Phi) is 4.46. The minimum absolute atomic E-state index is 0.0795. The van der Waals surface area contributed by atoms with Crippen LogP contribution in [0.15, 0.2) is 28.5 Å². The third-order valence-corrected chi connectivity index (χ3v) is 5.57. The highest BCUT2D eigenvalue weighted by Gasteiger charge is 2.28. The Labute approximate surface area is 121 Å². The molecule has 0 aliphatic heterocycles. The summed E-state index contributed by atoms with van der Waals surface area (Å²) in [5.74, 6) is -1.47. The van der Waals surface area contributed by atoms with Crippen molar-refractivity contribution in [1.82, 2.24) is 4.72 Å². The number of nitrogens with one attached hydrogen (secondary N) is 1. The molecule has 1 aromatic heterocycles. The summed E-state index contributed by atoms with van der Waals surface area (Å²) in [7, 11) is -2.31. The van der Waals surface area contributed by atoms with Crippen molar-refractivity contribution in [3.05, 3.63) is 23.6 Å². The smallest absolute Gasteiger partial charge is 0.306 e. The molecule has 6 nitrogen and oxygen atoms in total. The first-order chi connectivity index (χ1) is 9.44. The summed E-state index contributed by atoms with van der Waals surface area (Å²) in [4.78, 5) is 11.0. The van der Waals surface area contributed by atoms with Crippen molar-refractivity contribution in [1.29, 1.82) is 0 Å². The first-order valence-electron chi connectivity index (χ1n) is 5.97. The van der Waals surface area contributed by atoms with E-state index in [0.717, 1.165) is 0 Å². The molecule has 2 N–H and O–H groups in total. The highest BCUT2D eigenvalue weighted by molar-refractivity contribution is 7.89. The Morgan fingerprint density at radius 2 is 2.30 bits per heavy atom. The standard InChI is InChI=1S/C12H15NO5S2/c1-18-12-10(5-6-19-12)20(16,17)13-9-4-2-3-8(7-9)11(14)15/h2,4-6,8-9,13H,3,7H2,1H3,(H,14,15)/t8-,9-/m0/s1. The van der Waals surface area contributed by atoms with E-state index in [2.05, 4.69) is 4.72 Å².